The van der Waals surface area contributed by atoms with Gasteiger partial charge < -0.3 is 19.5 Å². The molecular weight excluding hydrogens is 316 g/mol. The Morgan fingerprint density at radius 2 is 1.88 bits per heavy atom. The van der Waals surface area contributed by atoms with Gasteiger partial charge in [0.05, 0.1) is 18.1 Å². The van der Waals surface area contributed by atoms with Crippen LogP contribution in [0, 0.1) is 6.92 Å². The molecule has 0 aliphatic heterocycles. The van der Waals surface area contributed by atoms with Crippen LogP contribution < -0.4 is 4.74 Å². The number of hydrogen-bond acceptors (Lipinski definition) is 4. The number of aromatic hydroxyl groups is 2. The third-order valence-electron chi connectivity index (χ3n) is 5.48. The summed E-state index contributed by atoms with van der Waals surface area (Å²) >= 11 is 0. The van der Waals surface area contributed by atoms with E-state index in [0.29, 0.717) is 5.56 Å². The van der Waals surface area contributed by atoms with Crippen molar-refractivity contribution < 1.29 is 14.9 Å². The maximum atomic E-state index is 10.3. The van der Waals surface area contributed by atoms with Crippen molar-refractivity contribution in [3.8, 4) is 28.6 Å². The largest absolute Gasteiger partial charge is 0.504 e. The summed E-state index contributed by atoms with van der Waals surface area (Å²) in [6.45, 7) is 4.04. The molecule has 5 nitrogen and oxygen atoms in total. The average molecular weight is 338 g/mol. The second kappa shape index (κ2) is 5.41. The number of ether oxygens (including phenoxy) is 1. The molecule has 0 saturated heterocycles. The summed E-state index contributed by atoms with van der Waals surface area (Å²) in [6, 6.07) is 9.85. The third kappa shape index (κ3) is 2.18. The van der Waals surface area contributed by atoms with E-state index in [9.17, 15) is 10.2 Å². The molecule has 0 spiro atoms. The first kappa shape index (κ1) is 15.8. The van der Waals surface area contributed by atoms with Crippen molar-refractivity contribution in [2.75, 3.05) is 7.11 Å². The maximum Gasteiger partial charge on any atom is 0.200 e. The number of fused-ring (bicyclic) bond motifs is 1. The zero-order chi connectivity index (χ0) is 17.8. The fourth-order valence-electron chi connectivity index (χ4n) is 3.78. The van der Waals surface area contributed by atoms with Gasteiger partial charge in [0.2, 0.25) is 5.75 Å². The molecule has 2 N–H and O–H groups in total. The quantitative estimate of drug-likeness (QED) is 0.698. The molecule has 5 heteroatoms. The van der Waals surface area contributed by atoms with Crippen molar-refractivity contribution in [3.63, 3.8) is 0 Å². The highest BCUT2D eigenvalue weighted by atomic mass is 16.5. The minimum Gasteiger partial charge on any atom is -0.504 e. The summed E-state index contributed by atoms with van der Waals surface area (Å²) in [5.41, 5.74) is 3.40. The average Bonchev–Trinajstić information content (AvgIpc) is 2.97. The van der Waals surface area contributed by atoms with Crippen molar-refractivity contribution in [1.29, 1.82) is 0 Å². The monoisotopic (exact) mass is 338 g/mol. The van der Waals surface area contributed by atoms with Gasteiger partial charge in [0.15, 0.2) is 11.5 Å². The summed E-state index contributed by atoms with van der Waals surface area (Å²) in [4.78, 5) is 4.85. The molecule has 1 heterocycles. The van der Waals surface area contributed by atoms with E-state index in [0.717, 1.165) is 35.3 Å². The molecule has 1 aliphatic carbocycles. The van der Waals surface area contributed by atoms with Gasteiger partial charge in [0, 0.05) is 16.7 Å². The van der Waals surface area contributed by atoms with Crippen molar-refractivity contribution in [3.05, 3.63) is 35.9 Å². The highest BCUT2D eigenvalue weighted by molar-refractivity contribution is 5.83. The second-order valence-corrected chi connectivity index (χ2v) is 7.06. The standard InChI is InChI=1S/C20H22N2O3/c1-12-13(11-16(25-3)18(24)17(12)23)19-21-14-7-4-5-8-15(14)22(19)20(2)9-6-10-20/h4-5,7-8,11,23-24H,6,9-10H2,1-3H3. The molecule has 0 bridgehead atoms. The smallest absolute Gasteiger partial charge is 0.200 e. The molecule has 1 saturated carbocycles. The number of methoxy groups -OCH3 is 1. The zero-order valence-corrected chi connectivity index (χ0v) is 14.7. The Hall–Kier alpha value is -2.69. The van der Waals surface area contributed by atoms with Crippen LogP contribution >= 0.6 is 0 Å². The molecule has 0 atom stereocenters. The Morgan fingerprint density at radius 3 is 2.52 bits per heavy atom. The lowest BCUT2D eigenvalue weighted by Gasteiger charge is -2.41. The van der Waals surface area contributed by atoms with Gasteiger partial charge in [0.25, 0.3) is 0 Å². The Labute approximate surface area is 146 Å². The molecule has 0 radical (unpaired) electrons. The fourth-order valence-corrected chi connectivity index (χ4v) is 3.78. The van der Waals surface area contributed by atoms with E-state index in [1.54, 1.807) is 13.0 Å². The topological polar surface area (TPSA) is 67.5 Å². The summed E-state index contributed by atoms with van der Waals surface area (Å²) in [5, 5.41) is 20.4. The fraction of sp³-hybridized carbons (Fsp3) is 0.350. The predicted molar refractivity (Wildman–Crippen MR) is 97.3 cm³/mol. The Kier molecular flexibility index (Phi) is 3.42. The summed E-state index contributed by atoms with van der Waals surface area (Å²) < 4.78 is 7.52. The minimum absolute atomic E-state index is 0.0125. The zero-order valence-electron chi connectivity index (χ0n) is 14.7. The summed E-state index contributed by atoms with van der Waals surface area (Å²) in [7, 11) is 1.48. The van der Waals surface area contributed by atoms with Crippen molar-refractivity contribution >= 4 is 11.0 Å². The van der Waals surface area contributed by atoms with Crippen LogP contribution in [0.1, 0.15) is 31.7 Å². The van der Waals surface area contributed by atoms with Crippen molar-refractivity contribution in [2.24, 2.45) is 0 Å². The highest BCUT2D eigenvalue weighted by Gasteiger charge is 2.37. The molecule has 1 fully saturated rings. The van der Waals surface area contributed by atoms with Gasteiger partial charge in [-0.2, -0.15) is 0 Å². The van der Waals surface area contributed by atoms with Crippen LogP contribution in [0.4, 0.5) is 0 Å². The molecular formula is C20H22N2O3. The van der Waals surface area contributed by atoms with Gasteiger partial charge in [-0.1, -0.05) is 12.1 Å². The number of aromatic nitrogens is 2. The Balaban J connectivity index is 2.05. The van der Waals surface area contributed by atoms with Gasteiger partial charge >= 0.3 is 0 Å². The molecule has 25 heavy (non-hydrogen) atoms. The predicted octanol–water partition coefficient (Wildman–Crippen LogP) is 4.33. The summed E-state index contributed by atoms with van der Waals surface area (Å²) in [6.07, 6.45) is 3.40. The van der Waals surface area contributed by atoms with Crippen LogP contribution in [0.25, 0.3) is 22.4 Å². The first-order valence-electron chi connectivity index (χ1n) is 8.54. The molecule has 130 valence electrons. The van der Waals surface area contributed by atoms with E-state index >= 15 is 0 Å². The lowest BCUT2D eigenvalue weighted by atomic mass is 9.78. The lowest BCUT2D eigenvalue weighted by molar-refractivity contribution is 0.177. The van der Waals surface area contributed by atoms with Gasteiger partial charge in [-0.3, -0.25) is 0 Å². The lowest BCUT2D eigenvalue weighted by Crippen LogP contribution is -2.37. The first-order chi connectivity index (χ1) is 12.0. The van der Waals surface area contributed by atoms with E-state index in [-0.39, 0.29) is 22.8 Å². The van der Waals surface area contributed by atoms with Crippen LogP contribution in [-0.4, -0.2) is 26.9 Å². The number of phenolic OH excluding ortho intramolecular Hbond substituents is 2. The number of imidazole rings is 1. The number of nitrogens with zero attached hydrogens (tertiary/aromatic N) is 2. The Bertz CT molecular complexity index is 971. The molecule has 2 aromatic carbocycles. The minimum atomic E-state index is -0.235. The highest BCUT2D eigenvalue weighted by Crippen LogP contribution is 2.47. The van der Waals surface area contributed by atoms with Crippen LogP contribution in [0.2, 0.25) is 0 Å². The molecule has 3 aromatic rings. The van der Waals surface area contributed by atoms with Gasteiger partial charge in [-0.25, -0.2) is 4.98 Å². The molecule has 1 aromatic heterocycles. The van der Waals surface area contributed by atoms with Crippen LogP contribution in [0.3, 0.4) is 0 Å². The SMILES string of the molecule is COc1cc(-c2nc3ccccc3n2C2(C)CCC2)c(C)c(O)c1O. The number of rotatable bonds is 3. The number of hydrogen-bond donors (Lipinski definition) is 2. The van der Waals surface area contributed by atoms with E-state index in [4.69, 9.17) is 9.72 Å². The van der Waals surface area contributed by atoms with Crippen molar-refractivity contribution in [2.45, 2.75) is 38.6 Å². The van der Waals surface area contributed by atoms with Gasteiger partial charge in [0.1, 0.15) is 5.82 Å². The molecule has 0 amide bonds. The third-order valence-corrected chi connectivity index (χ3v) is 5.48. The van der Waals surface area contributed by atoms with Gasteiger partial charge in [-0.05, 0) is 51.3 Å². The molecule has 1 aliphatic rings. The molecule has 0 unspecified atom stereocenters. The first-order valence-corrected chi connectivity index (χ1v) is 8.54. The van der Waals surface area contributed by atoms with E-state index in [1.807, 2.05) is 18.2 Å². The number of phenols is 2. The van der Waals surface area contributed by atoms with Crippen molar-refractivity contribution in [1.82, 2.24) is 9.55 Å². The van der Waals surface area contributed by atoms with E-state index < -0.39 is 0 Å². The van der Waals surface area contributed by atoms with Crippen LogP contribution in [-0.2, 0) is 5.54 Å². The maximum absolute atomic E-state index is 10.3. The van der Waals surface area contributed by atoms with E-state index in [2.05, 4.69) is 17.6 Å². The Morgan fingerprint density at radius 1 is 1.16 bits per heavy atom. The molecule has 4 rings (SSSR count). The summed E-state index contributed by atoms with van der Waals surface area (Å²) in [5.74, 6) is 0.651. The van der Waals surface area contributed by atoms with Crippen LogP contribution in [0.5, 0.6) is 17.2 Å². The van der Waals surface area contributed by atoms with Crippen LogP contribution in [0.15, 0.2) is 30.3 Å². The van der Waals surface area contributed by atoms with Gasteiger partial charge in [-0.15, -0.1) is 0 Å². The second-order valence-electron chi connectivity index (χ2n) is 7.06. The normalized spacial score (nSPS) is 16.0. The number of benzene rings is 2. The number of para-hydroxylation sites is 2. The van der Waals surface area contributed by atoms with E-state index in [1.165, 1.54) is 13.5 Å².